The fourth-order valence-electron chi connectivity index (χ4n) is 2.56. The van der Waals surface area contributed by atoms with Crippen LogP contribution in [0, 0.1) is 0 Å². The van der Waals surface area contributed by atoms with Crippen LogP contribution in [0.1, 0.15) is 5.56 Å². The number of rotatable bonds is 5. The third kappa shape index (κ3) is 3.91. The Labute approximate surface area is 125 Å². The maximum absolute atomic E-state index is 5.74. The summed E-state index contributed by atoms with van der Waals surface area (Å²) in [6.07, 6.45) is 4.04. The van der Waals surface area contributed by atoms with E-state index < -0.39 is 0 Å². The van der Waals surface area contributed by atoms with Gasteiger partial charge in [0.05, 0.1) is 18.4 Å². The molecule has 112 valence electrons. The number of nitrogens with zero attached hydrogens (tertiary/aromatic N) is 3. The Morgan fingerprint density at radius 3 is 2.90 bits per heavy atom. The van der Waals surface area contributed by atoms with Crippen LogP contribution in [0.15, 0.2) is 42.7 Å². The third-order valence-electron chi connectivity index (χ3n) is 3.75. The first-order chi connectivity index (χ1) is 10.3. The highest BCUT2D eigenvalue weighted by molar-refractivity contribution is 5.33. The summed E-state index contributed by atoms with van der Waals surface area (Å²) in [4.78, 5) is 2.31. The summed E-state index contributed by atoms with van der Waals surface area (Å²) in [5.74, 6) is 0. The van der Waals surface area contributed by atoms with Gasteiger partial charge in [-0.15, -0.1) is 0 Å². The first-order valence-corrected chi connectivity index (χ1v) is 7.41. The van der Waals surface area contributed by atoms with Crippen LogP contribution >= 0.6 is 0 Å². The average molecular weight is 286 g/mol. The minimum atomic E-state index is 0.298. The van der Waals surface area contributed by atoms with Crippen molar-refractivity contribution >= 4 is 0 Å². The first-order valence-electron chi connectivity index (χ1n) is 7.41. The van der Waals surface area contributed by atoms with Gasteiger partial charge in [-0.3, -0.25) is 0 Å². The summed E-state index contributed by atoms with van der Waals surface area (Å²) < 4.78 is 7.60. The largest absolute Gasteiger partial charge is 0.374 e. The van der Waals surface area contributed by atoms with Gasteiger partial charge in [0.1, 0.15) is 0 Å². The Balaban J connectivity index is 1.47. The van der Waals surface area contributed by atoms with Crippen molar-refractivity contribution in [2.24, 2.45) is 0 Å². The van der Waals surface area contributed by atoms with E-state index >= 15 is 0 Å². The molecule has 1 N–H and O–H groups in total. The van der Waals surface area contributed by atoms with E-state index in [1.54, 1.807) is 6.20 Å². The number of hydrogen-bond acceptors (Lipinski definition) is 4. The Bertz CT molecular complexity index is 538. The maximum Gasteiger partial charge on any atom is 0.0826 e. The van der Waals surface area contributed by atoms with Crippen LogP contribution in [0.3, 0.4) is 0 Å². The second-order valence-corrected chi connectivity index (χ2v) is 5.50. The molecular formula is C16H22N4O. The van der Waals surface area contributed by atoms with Crippen LogP contribution in [-0.2, 0) is 11.3 Å². The Morgan fingerprint density at radius 1 is 1.33 bits per heavy atom. The van der Waals surface area contributed by atoms with Crippen molar-refractivity contribution in [3.8, 4) is 5.69 Å². The van der Waals surface area contributed by atoms with Crippen LogP contribution in [-0.4, -0.2) is 54.1 Å². The van der Waals surface area contributed by atoms with Crippen LogP contribution in [0.25, 0.3) is 5.69 Å². The fourth-order valence-corrected chi connectivity index (χ4v) is 2.56. The molecule has 0 radical (unpaired) electrons. The fraction of sp³-hybridized carbons (Fsp3) is 0.438. The number of morpholine rings is 1. The van der Waals surface area contributed by atoms with E-state index in [1.807, 2.05) is 16.9 Å². The van der Waals surface area contributed by atoms with Crippen LogP contribution in [0.2, 0.25) is 0 Å². The van der Waals surface area contributed by atoms with Crippen LogP contribution < -0.4 is 5.32 Å². The molecule has 2 aromatic rings. The van der Waals surface area contributed by atoms with Crippen molar-refractivity contribution < 1.29 is 4.74 Å². The second-order valence-electron chi connectivity index (χ2n) is 5.50. The molecule has 0 spiro atoms. The van der Waals surface area contributed by atoms with Crippen molar-refractivity contribution in [2.75, 3.05) is 33.3 Å². The zero-order chi connectivity index (χ0) is 14.5. The number of nitrogens with one attached hydrogen (secondary N) is 1. The van der Waals surface area contributed by atoms with Crippen molar-refractivity contribution in [3.05, 3.63) is 48.3 Å². The number of hydrogen-bond donors (Lipinski definition) is 1. The lowest BCUT2D eigenvalue weighted by Crippen LogP contribution is -2.44. The Morgan fingerprint density at radius 2 is 2.19 bits per heavy atom. The van der Waals surface area contributed by atoms with Gasteiger partial charge in [-0.25, -0.2) is 4.68 Å². The lowest BCUT2D eigenvalue weighted by atomic mass is 10.2. The molecule has 2 heterocycles. The standard InChI is InChI=1S/C16H22N4O/c1-19-9-10-21-16(13-19)12-17-11-14-3-5-15(6-4-14)20-8-2-7-18-20/h2-8,16-17H,9-13H2,1H3/t16-/m0/s1. The topological polar surface area (TPSA) is 42.3 Å². The van der Waals surface area contributed by atoms with Crippen LogP contribution in [0.4, 0.5) is 0 Å². The minimum absolute atomic E-state index is 0.298. The molecule has 0 bridgehead atoms. The highest BCUT2D eigenvalue weighted by atomic mass is 16.5. The molecule has 1 aliphatic rings. The minimum Gasteiger partial charge on any atom is -0.374 e. The SMILES string of the molecule is CN1CCO[C@@H](CNCc2ccc(-n3cccn3)cc2)C1. The zero-order valence-corrected chi connectivity index (χ0v) is 12.4. The molecule has 5 nitrogen and oxygen atoms in total. The summed E-state index contributed by atoms with van der Waals surface area (Å²) in [5, 5.41) is 7.70. The number of ether oxygens (including phenoxy) is 1. The lowest BCUT2D eigenvalue weighted by molar-refractivity contribution is -0.0182. The van der Waals surface area contributed by atoms with Gasteiger partial charge in [-0.05, 0) is 30.8 Å². The first kappa shape index (κ1) is 14.3. The van der Waals surface area contributed by atoms with E-state index in [2.05, 4.69) is 46.6 Å². The van der Waals surface area contributed by atoms with Crippen LogP contribution in [0.5, 0.6) is 0 Å². The summed E-state index contributed by atoms with van der Waals surface area (Å²) in [5.41, 5.74) is 2.36. The van der Waals surface area contributed by atoms with E-state index in [1.165, 1.54) is 5.56 Å². The summed E-state index contributed by atoms with van der Waals surface area (Å²) >= 11 is 0. The number of benzene rings is 1. The molecular weight excluding hydrogens is 264 g/mol. The van der Waals surface area contributed by atoms with E-state index in [0.29, 0.717) is 6.10 Å². The van der Waals surface area contributed by atoms with Gasteiger partial charge in [0.2, 0.25) is 0 Å². The van der Waals surface area contributed by atoms with Gasteiger partial charge in [0.25, 0.3) is 0 Å². The molecule has 0 aliphatic carbocycles. The average Bonchev–Trinajstić information content (AvgIpc) is 3.02. The predicted octanol–water partition coefficient (Wildman–Crippen LogP) is 1.29. The lowest BCUT2D eigenvalue weighted by Gasteiger charge is -2.30. The third-order valence-corrected chi connectivity index (χ3v) is 3.75. The summed E-state index contributed by atoms with van der Waals surface area (Å²) in [7, 11) is 2.14. The predicted molar refractivity (Wildman–Crippen MR) is 82.5 cm³/mol. The van der Waals surface area contributed by atoms with Gasteiger partial charge in [-0.2, -0.15) is 5.10 Å². The molecule has 5 heteroatoms. The molecule has 0 saturated carbocycles. The van der Waals surface area contributed by atoms with Crippen molar-refractivity contribution in [3.63, 3.8) is 0 Å². The molecule has 1 aromatic carbocycles. The molecule has 1 aliphatic heterocycles. The summed E-state index contributed by atoms with van der Waals surface area (Å²) in [6, 6.07) is 10.4. The van der Waals surface area contributed by atoms with E-state index in [9.17, 15) is 0 Å². The van der Waals surface area contributed by atoms with Gasteiger partial charge < -0.3 is 15.0 Å². The highest BCUT2D eigenvalue weighted by Crippen LogP contribution is 2.08. The van der Waals surface area contributed by atoms with E-state index in [4.69, 9.17) is 4.74 Å². The molecule has 0 unspecified atom stereocenters. The van der Waals surface area contributed by atoms with Crippen molar-refractivity contribution in [1.29, 1.82) is 0 Å². The molecule has 1 aromatic heterocycles. The Hall–Kier alpha value is -1.69. The van der Waals surface area contributed by atoms with Gasteiger partial charge in [0, 0.05) is 38.6 Å². The normalized spacial score (nSPS) is 19.8. The quantitative estimate of drug-likeness (QED) is 0.899. The molecule has 1 saturated heterocycles. The van der Waals surface area contributed by atoms with Gasteiger partial charge >= 0.3 is 0 Å². The van der Waals surface area contributed by atoms with E-state index in [-0.39, 0.29) is 0 Å². The maximum atomic E-state index is 5.74. The second kappa shape index (κ2) is 6.85. The zero-order valence-electron chi connectivity index (χ0n) is 12.4. The number of aromatic nitrogens is 2. The highest BCUT2D eigenvalue weighted by Gasteiger charge is 2.16. The molecule has 1 atom stereocenters. The van der Waals surface area contributed by atoms with Crippen molar-refractivity contribution in [2.45, 2.75) is 12.6 Å². The van der Waals surface area contributed by atoms with Gasteiger partial charge in [-0.1, -0.05) is 12.1 Å². The van der Waals surface area contributed by atoms with Gasteiger partial charge in [0.15, 0.2) is 0 Å². The summed E-state index contributed by atoms with van der Waals surface area (Å²) in [6.45, 7) is 4.63. The van der Waals surface area contributed by atoms with E-state index in [0.717, 1.165) is 38.5 Å². The van der Waals surface area contributed by atoms with Crippen molar-refractivity contribution in [1.82, 2.24) is 20.0 Å². The Kier molecular flexibility index (Phi) is 4.65. The molecule has 21 heavy (non-hydrogen) atoms. The smallest absolute Gasteiger partial charge is 0.0826 e. The molecule has 0 amide bonds. The molecule has 3 rings (SSSR count). The number of likely N-dealkylation sites (N-methyl/N-ethyl adjacent to an activating group) is 1. The monoisotopic (exact) mass is 286 g/mol. The molecule has 1 fully saturated rings.